The van der Waals surface area contributed by atoms with Crippen LogP contribution in [0.2, 0.25) is 0 Å². The molecule has 0 fully saturated rings. The van der Waals surface area contributed by atoms with Crippen LogP contribution in [-0.4, -0.2) is 15.9 Å². The maximum Gasteiger partial charge on any atom is 0.155 e. The van der Waals surface area contributed by atoms with Gasteiger partial charge in [0.2, 0.25) is 0 Å². The monoisotopic (exact) mass is 525 g/mol. The normalized spacial score (nSPS) is 10.5. The maximum atomic E-state index is 10.0. The van der Waals surface area contributed by atoms with E-state index in [0.29, 0.717) is 0 Å². The molecule has 3 nitrogen and oxygen atoms in total. The van der Waals surface area contributed by atoms with Crippen LogP contribution in [-0.2, 0) is 24.9 Å². The summed E-state index contributed by atoms with van der Waals surface area (Å²) >= 11 is 0. The fourth-order valence-corrected chi connectivity index (χ4v) is 2.63. The molecule has 4 heteroatoms. The SMILES string of the molecule is CC(=O)/C=C(/C)O.Cc1ccc[c-]c1-c1ncc2ccccc2c1C.[Ir]. The minimum atomic E-state index is -0.125. The Morgan fingerprint density at radius 3 is 2.38 bits per heavy atom. The fourth-order valence-electron chi connectivity index (χ4n) is 2.63. The summed E-state index contributed by atoms with van der Waals surface area (Å²) in [5.74, 6) is -0.0625. The molecule has 0 aliphatic heterocycles. The summed E-state index contributed by atoms with van der Waals surface area (Å²) in [6, 6.07) is 17.7. The summed E-state index contributed by atoms with van der Waals surface area (Å²) in [6.45, 7) is 7.08. The Morgan fingerprint density at radius 2 is 1.81 bits per heavy atom. The van der Waals surface area contributed by atoms with Crippen molar-refractivity contribution in [2.24, 2.45) is 0 Å². The van der Waals surface area contributed by atoms with E-state index < -0.39 is 0 Å². The second-order valence-electron chi connectivity index (χ2n) is 5.94. The average Bonchev–Trinajstić information content (AvgIpc) is 2.56. The van der Waals surface area contributed by atoms with E-state index >= 15 is 0 Å². The minimum Gasteiger partial charge on any atom is -0.512 e. The number of allylic oxidation sites excluding steroid dienone is 2. The van der Waals surface area contributed by atoms with Crippen LogP contribution >= 0.6 is 0 Å². The molecule has 0 atom stereocenters. The van der Waals surface area contributed by atoms with Crippen molar-refractivity contribution in [3.63, 3.8) is 0 Å². The zero-order valence-electron chi connectivity index (χ0n) is 15.3. The maximum absolute atomic E-state index is 10.0. The third-order valence-electron chi connectivity index (χ3n) is 3.77. The molecule has 2 aromatic carbocycles. The van der Waals surface area contributed by atoms with E-state index in [1.54, 1.807) is 0 Å². The first-order chi connectivity index (χ1) is 11.9. The molecule has 0 saturated carbocycles. The van der Waals surface area contributed by atoms with Crippen LogP contribution in [0.1, 0.15) is 25.0 Å². The molecule has 0 spiro atoms. The Hall–Kier alpha value is -2.29. The summed E-state index contributed by atoms with van der Waals surface area (Å²) < 4.78 is 0. The van der Waals surface area contributed by atoms with Crippen LogP contribution in [0.25, 0.3) is 22.0 Å². The summed E-state index contributed by atoms with van der Waals surface area (Å²) in [6.07, 6.45) is 3.11. The predicted molar refractivity (Wildman–Crippen MR) is 103 cm³/mol. The Balaban J connectivity index is 0.000000366. The first-order valence-electron chi connectivity index (χ1n) is 8.10. The first kappa shape index (κ1) is 21.8. The third kappa shape index (κ3) is 5.62. The minimum absolute atomic E-state index is 0. The van der Waals surface area contributed by atoms with Gasteiger partial charge in [-0.15, -0.1) is 35.4 Å². The van der Waals surface area contributed by atoms with Crippen LogP contribution in [0.4, 0.5) is 0 Å². The summed E-state index contributed by atoms with van der Waals surface area (Å²) in [5, 5.41) is 10.8. The van der Waals surface area contributed by atoms with Gasteiger partial charge in [0, 0.05) is 32.4 Å². The Labute approximate surface area is 168 Å². The molecule has 0 bridgehead atoms. The zero-order chi connectivity index (χ0) is 18.4. The second kappa shape index (κ2) is 10.0. The van der Waals surface area contributed by atoms with Gasteiger partial charge in [-0.25, -0.2) is 0 Å². The molecule has 1 heterocycles. The van der Waals surface area contributed by atoms with Crippen molar-refractivity contribution in [2.75, 3.05) is 0 Å². The number of nitrogens with zero attached hydrogens (tertiary/aromatic N) is 1. The quantitative estimate of drug-likeness (QED) is 0.279. The molecule has 1 aromatic heterocycles. The third-order valence-corrected chi connectivity index (χ3v) is 3.77. The summed E-state index contributed by atoms with van der Waals surface area (Å²) in [4.78, 5) is 14.6. The van der Waals surface area contributed by atoms with Crippen molar-refractivity contribution >= 4 is 16.6 Å². The first-order valence-corrected chi connectivity index (χ1v) is 8.10. The Bertz CT molecular complexity index is 928. The van der Waals surface area contributed by atoms with Gasteiger partial charge >= 0.3 is 0 Å². The molecule has 3 aromatic rings. The van der Waals surface area contributed by atoms with Gasteiger partial charge in [0.25, 0.3) is 0 Å². The smallest absolute Gasteiger partial charge is 0.155 e. The Morgan fingerprint density at radius 1 is 1.12 bits per heavy atom. The molecule has 0 amide bonds. The molecule has 137 valence electrons. The summed E-state index contributed by atoms with van der Waals surface area (Å²) in [7, 11) is 0. The van der Waals surface area contributed by atoms with Crippen LogP contribution in [0.3, 0.4) is 0 Å². The number of aryl methyl sites for hydroxylation is 2. The summed E-state index contributed by atoms with van der Waals surface area (Å²) in [5.41, 5.74) is 4.56. The van der Waals surface area contributed by atoms with E-state index in [1.165, 1.54) is 41.8 Å². The van der Waals surface area contributed by atoms with Gasteiger partial charge in [-0.1, -0.05) is 36.8 Å². The van der Waals surface area contributed by atoms with Crippen LogP contribution in [0.15, 0.2) is 60.5 Å². The van der Waals surface area contributed by atoms with E-state index in [9.17, 15) is 4.79 Å². The van der Waals surface area contributed by atoms with Gasteiger partial charge < -0.3 is 10.1 Å². The van der Waals surface area contributed by atoms with Crippen molar-refractivity contribution in [3.8, 4) is 11.3 Å². The van der Waals surface area contributed by atoms with Gasteiger partial charge in [-0.2, -0.15) is 0 Å². The standard InChI is InChI=1S/C17H14N.C5H8O2.Ir/c1-12-7-3-5-9-15(12)17-13(2)16-10-6-4-8-14(16)11-18-17;1-4(6)3-5(2)7;/h3-8,10-11H,1-2H3;3,6H,1-2H3;/q-1;;/b;4-3-;. The van der Waals surface area contributed by atoms with E-state index in [1.807, 2.05) is 24.4 Å². The van der Waals surface area contributed by atoms with Gasteiger partial charge in [-0.05, 0) is 37.2 Å². The molecule has 0 saturated heterocycles. The number of carbonyl (C=O) groups excluding carboxylic acids is 1. The number of pyridine rings is 1. The molecule has 1 N–H and O–H groups in total. The topological polar surface area (TPSA) is 50.2 Å². The van der Waals surface area contributed by atoms with Gasteiger partial charge in [0.1, 0.15) is 0 Å². The van der Waals surface area contributed by atoms with E-state index in [0.717, 1.165) is 11.3 Å². The number of rotatable bonds is 2. The number of hydrogen-bond acceptors (Lipinski definition) is 3. The molecular weight excluding hydrogens is 502 g/mol. The van der Waals surface area contributed by atoms with Gasteiger partial charge in [-0.3, -0.25) is 4.79 Å². The van der Waals surface area contributed by atoms with Crippen LogP contribution in [0, 0.1) is 19.9 Å². The van der Waals surface area contributed by atoms with Gasteiger partial charge in [0.15, 0.2) is 5.78 Å². The van der Waals surface area contributed by atoms with Gasteiger partial charge in [0.05, 0.1) is 5.76 Å². The molecular formula is C22H22IrNO2-. The van der Waals surface area contributed by atoms with Crippen molar-refractivity contribution in [2.45, 2.75) is 27.7 Å². The van der Waals surface area contributed by atoms with Crippen molar-refractivity contribution in [1.82, 2.24) is 4.98 Å². The number of fused-ring (bicyclic) bond motifs is 1. The van der Waals surface area contributed by atoms with E-state index in [-0.39, 0.29) is 31.6 Å². The second-order valence-corrected chi connectivity index (χ2v) is 5.94. The Kier molecular flexibility index (Phi) is 8.37. The predicted octanol–water partition coefficient (Wildman–Crippen LogP) is 5.35. The molecule has 1 radical (unpaired) electrons. The molecule has 0 unspecified atom stereocenters. The molecule has 3 rings (SSSR count). The number of benzene rings is 2. The molecule has 26 heavy (non-hydrogen) atoms. The number of aliphatic hydroxyl groups excluding tert-OH is 1. The van der Waals surface area contributed by atoms with E-state index in [4.69, 9.17) is 5.11 Å². The zero-order valence-corrected chi connectivity index (χ0v) is 17.7. The average molecular weight is 525 g/mol. The fraction of sp³-hybridized carbons (Fsp3) is 0.182. The van der Waals surface area contributed by atoms with Crippen molar-refractivity contribution in [3.05, 3.63) is 77.7 Å². The van der Waals surface area contributed by atoms with Crippen molar-refractivity contribution < 1.29 is 30.0 Å². The molecule has 0 aliphatic rings. The number of aliphatic hydroxyl groups is 1. The van der Waals surface area contributed by atoms with Crippen LogP contribution in [0.5, 0.6) is 0 Å². The number of aromatic nitrogens is 1. The largest absolute Gasteiger partial charge is 0.512 e. The van der Waals surface area contributed by atoms with Crippen molar-refractivity contribution in [1.29, 1.82) is 0 Å². The number of carbonyl (C=O) groups is 1. The number of hydrogen-bond donors (Lipinski definition) is 1. The van der Waals surface area contributed by atoms with E-state index in [2.05, 4.69) is 49.2 Å². The molecule has 0 aliphatic carbocycles. The number of ketones is 1. The van der Waals surface area contributed by atoms with Crippen LogP contribution < -0.4 is 0 Å².